The molecule has 1 saturated heterocycles. The Kier molecular flexibility index (Phi) is 6.98. The van der Waals surface area contributed by atoms with Gasteiger partial charge in [0, 0.05) is 32.6 Å². The Morgan fingerprint density at radius 1 is 1.00 bits per heavy atom. The van der Waals surface area contributed by atoms with Gasteiger partial charge in [0.05, 0.1) is 0 Å². The summed E-state index contributed by atoms with van der Waals surface area (Å²) in [6.45, 7) is 4.23. The highest BCUT2D eigenvalue weighted by molar-refractivity contribution is 6.01. The van der Waals surface area contributed by atoms with Crippen LogP contribution in [0.25, 0.3) is 6.08 Å². The smallest absolute Gasteiger partial charge is 0.268 e. The van der Waals surface area contributed by atoms with E-state index in [1.54, 1.807) is 6.08 Å². The van der Waals surface area contributed by atoms with Crippen molar-refractivity contribution in [2.75, 3.05) is 13.1 Å². The van der Waals surface area contributed by atoms with Crippen molar-refractivity contribution in [1.29, 1.82) is 0 Å². The van der Waals surface area contributed by atoms with Gasteiger partial charge in [-0.05, 0) is 30.0 Å². The molecule has 0 unspecified atom stereocenters. The second-order valence-corrected chi connectivity index (χ2v) is 7.16. The van der Waals surface area contributed by atoms with E-state index in [1.807, 2.05) is 36.4 Å². The maximum Gasteiger partial charge on any atom is 0.268 e. The molecule has 0 spiro atoms. The Balaban J connectivity index is 1.55. The predicted octanol–water partition coefficient (Wildman–Crippen LogP) is 2.94. The van der Waals surface area contributed by atoms with Crippen molar-refractivity contribution >= 4 is 17.9 Å². The maximum atomic E-state index is 12.7. The van der Waals surface area contributed by atoms with E-state index < -0.39 is 0 Å². The van der Waals surface area contributed by atoms with E-state index in [4.69, 9.17) is 0 Å². The van der Waals surface area contributed by atoms with Gasteiger partial charge in [-0.15, -0.1) is 0 Å². The number of carbonyl (C=O) groups is 2. The lowest BCUT2D eigenvalue weighted by Crippen LogP contribution is -2.46. The third kappa shape index (κ3) is 6.06. The first-order chi connectivity index (χ1) is 13.6. The Hall–Kier alpha value is -2.92. The fourth-order valence-corrected chi connectivity index (χ4v) is 3.40. The molecule has 0 aromatic heterocycles. The molecule has 1 heterocycles. The molecule has 2 aromatic carbocycles. The van der Waals surface area contributed by atoms with Gasteiger partial charge < -0.3 is 10.6 Å². The lowest BCUT2D eigenvalue weighted by Gasteiger charge is -2.32. The van der Waals surface area contributed by atoms with Crippen molar-refractivity contribution in [3.8, 4) is 0 Å². The Bertz CT molecular complexity index is 810. The molecule has 1 aliphatic rings. The van der Waals surface area contributed by atoms with Gasteiger partial charge in [0.1, 0.15) is 5.70 Å². The van der Waals surface area contributed by atoms with Crippen LogP contribution < -0.4 is 10.6 Å². The van der Waals surface area contributed by atoms with Gasteiger partial charge in [0.25, 0.3) is 5.91 Å². The van der Waals surface area contributed by atoms with Crippen LogP contribution in [0.2, 0.25) is 0 Å². The predicted molar refractivity (Wildman–Crippen MR) is 111 cm³/mol. The van der Waals surface area contributed by atoms with Crippen LogP contribution >= 0.6 is 0 Å². The van der Waals surface area contributed by atoms with Crippen LogP contribution in [0, 0.1) is 0 Å². The fourth-order valence-electron chi connectivity index (χ4n) is 3.40. The van der Waals surface area contributed by atoms with Crippen LogP contribution in [0.1, 0.15) is 30.9 Å². The molecular weight excluding hydrogens is 350 g/mol. The second kappa shape index (κ2) is 9.85. The van der Waals surface area contributed by atoms with Crippen molar-refractivity contribution in [2.45, 2.75) is 32.4 Å². The number of benzene rings is 2. The zero-order valence-electron chi connectivity index (χ0n) is 16.2. The molecule has 2 N–H and O–H groups in total. The van der Waals surface area contributed by atoms with Gasteiger partial charge in [-0.25, -0.2) is 0 Å². The lowest BCUT2D eigenvalue weighted by atomic mass is 10.0. The van der Waals surface area contributed by atoms with Gasteiger partial charge in [-0.2, -0.15) is 0 Å². The third-order valence-electron chi connectivity index (χ3n) is 4.84. The fraction of sp³-hybridized carbons (Fsp3) is 0.304. The quantitative estimate of drug-likeness (QED) is 0.761. The molecule has 0 atom stereocenters. The monoisotopic (exact) mass is 377 g/mol. The van der Waals surface area contributed by atoms with Gasteiger partial charge >= 0.3 is 0 Å². The van der Waals surface area contributed by atoms with Crippen LogP contribution in [0.4, 0.5) is 0 Å². The van der Waals surface area contributed by atoms with Crippen LogP contribution in [0.5, 0.6) is 0 Å². The van der Waals surface area contributed by atoms with E-state index in [0.717, 1.165) is 38.0 Å². The van der Waals surface area contributed by atoms with Gasteiger partial charge in [-0.1, -0.05) is 60.7 Å². The zero-order valence-corrected chi connectivity index (χ0v) is 16.2. The van der Waals surface area contributed by atoms with E-state index >= 15 is 0 Å². The minimum atomic E-state index is -0.255. The summed E-state index contributed by atoms with van der Waals surface area (Å²) in [5.41, 5.74) is 2.47. The first kappa shape index (κ1) is 19.8. The van der Waals surface area contributed by atoms with Crippen molar-refractivity contribution < 1.29 is 9.59 Å². The van der Waals surface area contributed by atoms with E-state index in [1.165, 1.54) is 12.5 Å². The molecule has 2 amide bonds. The number of hydrogen-bond donors (Lipinski definition) is 2. The molecule has 5 nitrogen and oxygen atoms in total. The van der Waals surface area contributed by atoms with Gasteiger partial charge in [0.2, 0.25) is 5.91 Å². The number of nitrogens with one attached hydrogen (secondary N) is 2. The molecule has 0 aliphatic carbocycles. The summed E-state index contributed by atoms with van der Waals surface area (Å²) in [4.78, 5) is 26.6. The SMILES string of the molecule is CC(=O)N/C(=C\c1ccccc1)C(=O)NC1CCN(Cc2ccccc2)CC1. The third-order valence-corrected chi connectivity index (χ3v) is 4.84. The average molecular weight is 377 g/mol. The average Bonchev–Trinajstić information content (AvgIpc) is 2.70. The summed E-state index contributed by atoms with van der Waals surface area (Å²) in [5.74, 6) is -0.490. The van der Waals surface area contributed by atoms with Crippen molar-refractivity contribution in [3.05, 3.63) is 77.5 Å². The molecule has 0 bridgehead atoms. The van der Waals surface area contributed by atoms with E-state index in [9.17, 15) is 9.59 Å². The number of amides is 2. The largest absolute Gasteiger partial charge is 0.348 e. The van der Waals surface area contributed by atoms with Crippen LogP contribution in [-0.2, 0) is 16.1 Å². The molecule has 1 fully saturated rings. The van der Waals surface area contributed by atoms with E-state index in [0.29, 0.717) is 0 Å². The minimum Gasteiger partial charge on any atom is -0.348 e. The number of piperidine rings is 1. The highest BCUT2D eigenvalue weighted by atomic mass is 16.2. The van der Waals surface area contributed by atoms with E-state index in [-0.39, 0.29) is 23.6 Å². The summed E-state index contributed by atoms with van der Waals surface area (Å²) >= 11 is 0. The number of likely N-dealkylation sites (tertiary alicyclic amines) is 1. The van der Waals surface area contributed by atoms with Crippen molar-refractivity contribution in [3.63, 3.8) is 0 Å². The van der Waals surface area contributed by atoms with Crippen LogP contribution in [-0.4, -0.2) is 35.8 Å². The Morgan fingerprint density at radius 3 is 2.21 bits per heavy atom. The number of rotatable bonds is 6. The molecule has 0 radical (unpaired) electrons. The molecule has 2 aromatic rings. The molecule has 146 valence electrons. The zero-order chi connectivity index (χ0) is 19.8. The highest BCUT2D eigenvalue weighted by Crippen LogP contribution is 2.14. The van der Waals surface area contributed by atoms with Crippen LogP contribution in [0.15, 0.2) is 66.4 Å². The maximum absolute atomic E-state index is 12.7. The highest BCUT2D eigenvalue weighted by Gasteiger charge is 2.22. The first-order valence-corrected chi connectivity index (χ1v) is 9.71. The summed E-state index contributed by atoms with van der Waals surface area (Å²) < 4.78 is 0. The topological polar surface area (TPSA) is 61.4 Å². The molecule has 1 aliphatic heterocycles. The molecular formula is C23H27N3O2. The normalized spacial score (nSPS) is 15.8. The van der Waals surface area contributed by atoms with Crippen LogP contribution in [0.3, 0.4) is 0 Å². The van der Waals surface area contributed by atoms with Crippen molar-refractivity contribution in [2.24, 2.45) is 0 Å². The van der Waals surface area contributed by atoms with Gasteiger partial charge in [-0.3, -0.25) is 14.5 Å². The standard InChI is InChI=1S/C23H27N3O2/c1-18(27)24-22(16-19-8-4-2-5-9-19)23(28)25-21-12-14-26(15-13-21)17-20-10-6-3-7-11-20/h2-11,16,21H,12-15,17H2,1H3,(H,24,27)(H,25,28)/b22-16-. The second-order valence-electron chi connectivity index (χ2n) is 7.16. The number of hydrogen-bond acceptors (Lipinski definition) is 3. The minimum absolute atomic E-state index is 0.118. The summed E-state index contributed by atoms with van der Waals surface area (Å²) in [6, 6.07) is 20.1. The summed E-state index contributed by atoms with van der Waals surface area (Å²) in [5, 5.41) is 5.74. The first-order valence-electron chi connectivity index (χ1n) is 9.71. The molecule has 0 saturated carbocycles. The molecule has 3 rings (SSSR count). The van der Waals surface area contributed by atoms with Gasteiger partial charge in [0.15, 0.2) is 0 Å². The Labute approximate surface area is 166 Å². The number of carbonyl (C=O) groups excluding carboxylic acids is 2. The molecule has 28 heavy (non-hydrogen) atoms. The Morgan fingerprint density at radius 2 is 1.61 bits per heavy atom. The summed E-state index contributed by atoms with van der Waals surface area (Å²) in [6.07, 6.45) is 3.51. The lowest BCUT2D eigenvalue weighted by molar-refractivity contribution is -0.123. The van der Waals surface area contributed by atoms with Crippen molar-refractivity contribution in [1.82, 2.24) is 15.5 Å². The van der Waals surface area contributed by atoms with E-state index in [2.05, 4.69) is 39.8 Å². The molecule has 5 heteroatoms. The number of nitrogens with zero attached hydrogens (tertiary/aromatic N) is 1. The summed E-state index contributed by atoms with van der Waals surface area (Å²) in [7, 11) is 0.